The summed E-state index contributed by atoms with van der Waals surface area (Å²) in [5, 5.41) is 11.9. The third kappa shape index (κ3) is 4.04. The zero-order valence-electron chi connectivity index (χ0n) is 11.4. The van der Waals surface area contributed by atoms with Crippen molar-refractivity contribution in [3.63, 3.8) is 0 Å². The number of benzene rings is 2. The molecule has 4 heteroatoms. The van der Waals surface area contributed by atoms with Gasteiger partial charge in [0.1, 0.15) is 11.6 Å². The molecule has 0 heterocycles. The van der Waals surface area contributed by atoms with Crippen molar-refractivity contribution in [2.24, 2.45) is 0 Å². The second-order valence-corrected chi connectivity index (χ2v) is 5.40. The van der Waals surface area contributed by atoms with Gasteiger partial charge in [0, 0.05) is 10.2 Å². The maximum Gasteiger partial charge on any atom is 0.266 e. The first-order valence-electron chi connectivity index (χ1n) is 6.34. The van der Waals surface area contributed by atoms with E-state index in [-0.39, 0.29) is 5.57 Å². The molecule has 2 aromatic rings. The number of hydrogen-bond donors (Lipinski definition) is 1. The largest absolute Gasteiger partial charge is 0.321 e. The number of rotatable bonds is 3. The van der Waals surface area contributed by atoms with Crippen LogP contribution in [0.15, 0.2) is 58.6 Å². The SMILES string of the molecule is Cc1ccccc1/C=C(/C#N)C(=O)Nc1ccc(Br)cc1. The van der Waals surface area contributed by atoms with Crippen LogP contribution < -0.4 is 5.32 Å². The number of amides is 1. The Hall–Kier alpha value is -2.38. The maximum atomic E-state index is 12.1. The Morgan fingerprint density at radius 2 is 1.86 bits per heavy atom. The predicted molar refractivity (Wildman–Crippen MR) is 87.5 cm³/mol. The molecule has 2 aromatic carbocycles. The minimum Gasteiger partial charge on any atom is -0.321 e. The van der Waals surface area contributed by atoms with E-state index in [1.807, 2.05) is 49.4 Å². The summed E-state index contributed by atoms with van der Waals surface area (Å²) < 4.78 is 0.927. The molecule has 0 radical (unpaired) electrons. The molecule has 1 amide bonds. The highest BCUT2D eigenvalue weighted by atomic mass is 79.9. The molecule has 0 aromatic heterocycles. The van der Waals surface area contributed by atoms with Gasteiger partial charge in [-0.2, -0.15) is 5.26 Å². The first-order chi connectivity index (χ1) is 10.1. The van der Waals surface area contributed by atoms with Crippen LogP contribution in [0.4, 0.5) is 5.69 Å². The monoisotopic (exact) mass is 340 g/mol. The minimum atomic E-state index is -0.414. The van der Waals surface area contributed by atoms with Crippen molar-refractivity contribution in [1.29, 1.82) is 5.26 Å². The molecule has 0 aliphatic rings. The molecule has 104 valence electrons. The number of anilines is 1. The second-order valence-electron chi connectivity index (χ2n) is 4.49. The molecule has 0 bridgehead atoms. The van der Waals surface area contributed by atoms with Crippen LogP contribution in [0.5, 0.6) is 0 Å². The van der Waals surface area contributed by atoms with Crippen LogP contribution in [0.25, 0.3) is 6.08 Å². The normalized spacial score (nSPS) is 10.8. The summed E-state index contributed by atoms with van der Waals surface area (Å²) in [6, 6.07) is 16.7. The van der Waals surface area contributed by atoms with Crippen molar-refractivity contribution in [2.45, 2.75) is 6.92 Å². The van der Waals surface area contributed by atoms with E-state index in [2.05, 4.69) is 21.2 Å². The van der Waals surface area contributed by atoms with Gasteiger partial charge in [0.25, 0.3) is 5.91 Å². The zero-order valence-corrected chi connectivity index (χ0v) is 13.0. The van der Waals surface area contributed by atoms with E-state index in [4.69, 9.17) is 0 Å². The molecule has 0 unspecified atom stereocenters. The third-order valence-corrected chi connectivity index (χ3v) is 3.48. The van der Waals surface area contributed by atoms with E-state index in [1.54, 1.807) is 18.2 Å². The summed E-state index contributed by atoms with van der Waals surface area (Å²) in [5.41, 5.74) is 2.60. The average Bonchev–Trinajstić information content (AvgIpc) is 2.48. The van der Waals surface area contributed by atoms with E-state index >= 15 is 0 Å². The highest BCUT2D eigenvalue weighted by Crippen LogP contribution is 2.16. The van der Waals surface area contributed by atoms with E-state index in [0.717, 1.165) is 15.6 Å². The molecule has 21 heavy (non-hydrogen) atoms. The molecule has 0 saturated carbocycles. The summed E-state index contributed by atoms with van der Waals surface area (Å²) >= 11 is 3.33. The number of aryl methyl sites for hydroxylation is 1. The number of nitrogens with zero attached hydrogens (tertiary/aromatic N) is 1. The highest BCUT2D eigenvalue weighted by molar-refractivity contribution is 9.10. The van der Waals surface area contributed by atoms with Crippen LogP contribution in [0.2, 0.25) is 0 Å². The van der Waals surface area contributed by atoms with E-state index in [9.17, 15) is 10.1 Å². The fourth-order valence-electron chi connectivity index (χ4n) is 1.78. The summed E-state index contributed by atoms with van der Waals surface area (Å²) in [6.07, 6.45) is 1.60. The number of nitriles is 1. The smallest absolute Gasteiger partial charge is 0.266 e. The molecule has 0 atom stereocenters. The van der Waals surface area contributed by atoms with Crippen molar-refractivity contribution in [3.8, 4) is 6.07 Å². The number of carbonyl (C=O) groups is 1. The lowest BCUT2D eigenvalue weighted by molar-refractivity contribution is -0.112. The van der Waals surface area contributed by atoms with Gasteiger partial charge in [0.2, 0.25) is 0 Å². The average molecular weight is 341 g/mol. The lowest BCUT2D eigenvalue weighted by Gasteiger charge is -2.05. The van der Waals surface area contributed by atoms with E-state index < -0.39 is 5.91 Å². The molecule has 3 nitrogen and oxygen atoms in total. The van der Waals surface area contributed by atoms with Crippen LogP contribution in [-0.2, 0) is 4.79 Å². The van der Waals surface area contributed by atoms with E-state index in [0.29, 0.717) is 5.69 Å². The van der Waals surface area contributed by atoms with Crippen LogP contribution in [-0.4, -0.2) is 5.91 Å². The third-order valence-electron chi connectivity index (χ3n) is 2.96. The fraction of sp³-hybridized carbons (Fsp3) is 0.0588. The van der Waals surface area contributed by atoms with Gasteiger partial charge in [0.15, 0.2) is 0 Å². The van der Waals surface area contributed by atoms with Gasteiger partial charge in [-0.05, 0) is 48.4 Å². The van der Waals surface area contributed by atoms with Gasteiger partial charge in [-0.15, -0.1) is 0 Å². The van der Waals surface area contributed by atoms with Crippen LogP contribution in [0.1, 0.15) is 11.1 Å². The molecular weight excluding hydrogens is 328 g/mol. The van der Waals surface area contributed by atoms with Gasteiger partial charge >= 0.3 is 0 Å². The maximum absolute atomic E-state index is 12.1. The van der Waals surface area contributed by atoms with Crippen LogP contribution in [0.3, 0.4) is 0 Å². The molecule has 0 saturated heterocycles. The summed E-state index contributed by atoms with van der Waals surface area (Å²) in [6.45, 7) is 1.94. The summed E-state index contributed by atoms with van der Waals surface area (Å²) in [5.74, 6) is -0.414. The Balaban J connectivity index is 2.22. The minimum absolute atomic E-state index is 0.0761. The van der Waals surface area contributed by atoms with Gasteiger partial charge in [-0.3, -0.25) is 4.79 Å². The molecule has 0 aliphatic carbocycles. The number of carbonyl (C=O) groups excluding carboxylic acids is 1. The molecule has 2 rings (SSSR count). The van der Waals surface area contributed by atoms with Crippen molar-refractivity contribution >= 4 is 33.6 Å². The van der Waals surface area contributed by atoms with Crippen molar-refractivity contribution in [2.75, 3.05) is 5.32 Å². The number of halogens is 1. The van der Waals surface area contributed by atoms with E-state index in [1.165, 1.54) is 0 Å². The highest BCUT2D eigenvalue weighted by Gasteiger charge is 2.10. The topological polar surface area (TPSA) is 52.9 Å². The second kappa shape index (κ2) is 6.87. The van der Waals surface area contributed by atoms with Crippen LogP contribution >= 0.6 is 15.9 Å². The lowest BCUT2D eigenvalue weighted by Crippen LogP contribution is -2.13. The lowest BCUT2D eigenvalue weighted by atomic mass is 10.1. The van der Waals surface area contributed by atoms with Gasteiger partial charge in [0.05, 0.1) is 0 Å². The molecule has 0 spiro atoms. The molecule has 1 N–H and O–H groups in total. The van der Waals surface area contributed by atoms with Crippen molar-refractivity contribution < 1.29 is 4.79 Å². The Morgan fingerprint density at radius 3 is 2.48 bits per heavy atom. The standard InChI is InChI=1S/C17H13BrN2O/c1-12-4-2-3-5-13(12)10-14(11-19)17(21)20-16-8-6-15(18)7-9-16/h2-10H,1H3,(H,20,21)/b14-10-. The Bertz CT molecular complexity index is 727. The molecular formula is C17H13BrN2O. The zero-order chi connectivity index (χ0) is 15.2. The van der Waals surface area contributed by atoms with Gasteiger partial charge < -0.3 is 5.32 Å². The Labute approximate surface area is 132 Å². The predicted octanol–water partition coefficient (Wildman–Crippen LogP) is 4.30. The Morgan fingerprint density at radius 1 is 1.19 bits per heavy atom. The molecule has 0 fully saturated rings. The fourth-order valence-corrected chi connectivity index (χ4v) is 2.05. The number of hydrogen-bond acceptors (Lipinski definition) is 2. The van der Waals surface area contributed by atoms with Crippen LogP contribution in [0, 0.1) is 18.3 Å². The number of nitrogens with one attached hydrogen (secondary N) is 1. The molecule has 0 aliphatic heterocycles. The first-order valence-corrected chi connectivity index (χ1v) is 7.14. The Kier molecular flexibility index (Phi) is 4.91. The summed E-state index contributed by atoms with van der Waals surface area (Å²) in [4.78, 5) is 12.1. The summed E-state index contributed by atoms with van der Waals surface area (Å²) in [7, 11) is 0. The van der Waals surface area contributed by atoms with Crippen molar-refractivity contribution in [3.05, 3.63) is 69.7 Å². The quantitative estimate of drug-likeness (QED) is 0.668. The van der Waals surface area contributed by atoms with Gasteiger partial charge in [-0.1, -0.05) is 40.2 Å². The first kappa shape index (κ1) is 15.0. The van der Waals surface area contributed by atoms with Crippen molar-refractivity contribution in [1.82, 2.24) is 0 Å². The van der Waals surface area contributed by atoms with Gasteiger partial charge in [-0.25, -0.2) is 0 Å².